The number of rotatable bonds is 4. The molecule has 0 saturated heterocycles. The molecule has 0 radical (unpaired) electrons. The number of aromatic nitrogens is 1. The van der Waals surface area contributed by atoms with Crippen LogP contribution in [0.2, 0.25) is 20.4 Å². The summed E-state index contributed by atoms with van der Waals surface area (Å²) in [5.74, 6) is -0.103. The fourth-order valence-electron chi connectivity index (χ4n) is 1.92. The zero-order valence-electron chi connectivity index (χ0n) is 12.2. The van der Waals surface area contributed by atoms with Crippen LogP contribution in [0.4, 0.5) is 0 Å². The molecule has 0 atom stereocenters. The van der Waals surface area contributed by atoms with E-state index in [1.807, 2.05) is 32.0 Å². The first-order valence-corrected chi connectivity index (χ1v) is 8.85. The van der Waals surface area contributed by atoms with E-state index in [0.29, 0.717) is 10.5 Å². The number of carbonyl (C=O) groups excluding carboxylic acids is 1. The molecule has 120 valence electrons. The second-order valence-corrected chi connectivity index (χ2v) is 7.14. The number of allylic oxidation sites excluding steroid dienone is 1. The van der Waals surface area contributed by atoms with Crippen molar-refractivity contribution in [2.75, 3.05) is 0 Å². The summed E-state index contributed by atoms with van der Waals surface area (Å²) in [7, 11) is 0. The number of benzene rings is 1. The van der Waals surface area contributed by atoms with Gasteiger partial charge in [-0.2, -0.15) is 0 Å². The standard InChI is InChI=1S/C16H11Cl4NOS/c1-8-3-4-10(9(2)7-8)11(22)5-6-23-14-12(17)15(19)21-16(20)13(14)18/h3-7H,1-2H3/b6-5+. The predicted octanol–water partition coefficient (Wildman–Crippen LogP) is 6.80. The van der Waals surface area contributed by atoms with Crippen molar-refractivity contribution in [3.8, 4) is 0 Å². The van der Waals surface area contributed by atoms with Gasteiger partial charge in [-0.05, 0) is 30.9 Å². The SMILES string of the molecule is Cc1ccc(C(=O)/C=C/Sc2c(Cl)c(Cl)nc(Cl)c2Cl)c(C)c1. The largest absolute Gasteiger partial charge is 0.289 e. The molecule has 1 aromatic carbocycles. The molecule has 2 aromatic rings. The predicted molar refractivity (Wildman–Crippen MR) is 99.5 cm³/mol. The molecule has 7 heteroatoms. The maximum Gasteiger partial charge on any atom is 0.186 e. The monoisotopic (exact) mass is 405 g/mol. The fraction of sp³-hybridized carbons (Fsp3) is 0.125. The van der Waals surface area contributed by atoms with Crippen LogP contribution in [0.15, 0.2) is 34.6 Å². The normalized spacial score (nSPS) is 11.2. The lowest BCUT2D eigenvalue weighted by Gasteiger charge is -2.06. The number of pyridine rings is 1. The quantitative estimate of drug-likeness (QED) is 0.242. The second-order valence-electron chi connectivity index (χ2n) is 4.75. The summed E-state index contributed by atoms with van der Waals surface area (Å²) in [6, 6.07) is 5.67. The van der Waals surface area contributed by atoms with Gasteiger partial charge in [0.05, 0.1) is 14.9 Å². The summed E-state index contributed by atoms with van der Waals surface area (Å²) in [6.45, 7) is 3.88. The fourth-order valence-corrected chi connectivity index (χ4v) is 3.75. The van der Waals surface area contributed by atoms with Crippen molar-refractivity contribution in [3.05, 3.63) is 66.7 Å². The zero-order valence-corrected chi connectivity index (χ0v) is 16.0. The van der Waals surface area contributed by atoms with E-state index in [1.54, 1.807) is 5.41 Å². The Bertz CT molecular complexity index is 779. The van der Waals surface area contributed by atoms with Gasteiger partial charge >= 0.3 is 0 Å². The molecular formula is C16H11Cl4NOS. The van der Waals surface area contributed by atoms with Gasteiger partial charge in [-0.15, -0.1) is 0 Å². The van der Waals surface area contributed by atoms with Crippen molar-refractivity contribution in [2.45, 2.75) is 18.7 Å². The molecule has 0 aliphatic rings. The first-order chi connectivity index (χ1) is 10.8. The number of halogens is 4. The first kappa shape index (κ1) is 18.6. The van der Waals surface area contributed by atoms with E-state index >= 15 is 0 Å². The Hall–Kier alpha value is -0.710. The van der Waals surface area contributed by atoms with Crippen LogP contribution in [0.25, 0.3) is 0 Å². The number of hydrogen-bond acceptors (Lipinski definition) is 3. The molecule has 1 heterocycles. The molecule has 0 bridgehead atoms. The maximum atomic E-state index is 12.2. The van der Waals surface area contributed by atoms with E-state index in [4.69, 9.17) is 46.4 Å². The first-order valence-electron chi connectivity index (χ1n) is 6.46. The van der Waals surface area contributed by atoms with Crippen molar-refractivity contribution in [1.29, 1.82) is 0 Å². The Morgan fingerprint density at radius 2 is 1.70 bits per heavy atom. The summed E-state index contributed by atoms with van der Waals surface area (Å²) in [5.41, 5.74) is 2.68. The smallest absolute Gasteiger partial charge is 0.186 e. The van der Waals surface area contributed by atoms with Crippen LogP contribution < -0.4 is 0 Å². The van der Waals surface area contributed by atoms with Gasteiger partial charge in [-0.1, -0.05) is 81.9 Å². The summed E-state index contributed by atoms with van der Waals surface area (Å²) < 4.78 is 0. The number of carbonyl (C=O) groups is 1. The maximum absolute atomic E-state index is 12.2. The Morgan fingerprint density at radius 1 is 1.09 bits per heavy atom. The average molecular weight is 407 g/mol. The number of ketones is 1. The van der Waals surface area contributed by atoms with Crippen molar-refractivity contribution < 1.29 is 4.79 Å². The highest BCUT2D eigenvalue weighted by atomic mass is 35.5. The van der Waals surface area contributed by atoms with Gasteiger partial charge in [0.25, 0.3) is 0 Å². The molecule has 0 unspecified atom stereocenters. The third-order valence-corrected chi connectivity index (χ3v) is 5.63. The Labute approximate surface area is 158 Å². The minimum atomic E-state index is -0.103. The van der Waals surface area contributed by atoms with Gasteiger partial charge in [0, 0.05) is 5.56 Å². The van der Waals surface area contributed by atoms with Crippen LogP contribution in [0.1, 0.15) is 21.5 Å². The molecule has 0 aliphatic carbocycles. The van der Waals surface area contributed by atoms with Gasteiger partial charge in [-0.25, -0.2) is 4.98 Å². The zero-order chi connectivity index (χ0) is 17.1. The van der Waals surface area contributed by atoms with E-state index in [-0.39, 0.29) is 26.1 Å². The Morgan fingerprint density at radius 3 is 2.26 bits per heavy atom. The van der Waals surface area contributed by atoms with Gasteiger partial charge in [0.2, 0.25) is 0 Å². The number of thioether (sulfide) groups is 1. The minimum Gasteiger partial charge on any atom is -0.289 e. The summed E-state index contributed by atoms with van der Waals surface area (Å²) in [6.07, 6.45) is 1.46. The van der Waals surface area contributed by atoms with Gasteiger partial charge in [0.15, 0.2) is 16.1 Å². The highest BCUT2D eigenvalue weighted by Crippen LogP contribution is 2.41. The second kappa shape index (κ2) is 7.91. The molecule has 1 aromatic heterocycles. The van der Waals surface area contributed by atoms with Crippen molar-refractivity contribution in [2.24, 2.45) is 0 Å². The molecule has 0 spiro atoms. The van der Waals surface area contributed by atoms with Crippen LogP contribution in [-0.2, 0) is 0 Å². The number of aryl methyl sites for hydroxylation is 2. The topological polar surface area (TPSA) is 30.0 Å². The van der Waals surface area contributed by atoms with Crippen LogP contribution in [0, 0.1) is 13.8 Å². The van der Waals surface area contributed by atoms with Crippen LogP contribution in [-0.4, -0.2) is 10.8 Å². The molecule has 0 N–H and O–H groups in total. The lowest BCUT2D eigenvalue weighted by atomic mass is 10.0. The molecular weight excluding hydrogens is 396 g/mol. The van der Waals surface area contributed by atoms with E-state index in [0.717, 1.165) is 22.9 Å². The highest BCUT2D eigenvalue weighted by molar-refractivity contribution is 8.02. The summed E-state index contributed by atoms with van der Waals surface area (Å²) in [5, 5.41) is 2.14. The average Bonchev–Trinajstić information content (AvgIpc) is 2.48. The molecule has 0 aliphatic heterocycles. The van der Waals surface area contributed by atoms with Crippen molar-refractivity contribution in [1.82, 2.24) is 4.98 Å². The van der Waals surface area contributed by atoms with Gasteiger partial charge < -0.3 is 0 Å². The molecule has 2 rings (SSSR count). The number of nitrogens with zero attached hydrogens (tertiary/aromatic N) is 1. The molecule has 2 nitrogen and oxygen atoms in total. The summed E-state index contributed by atoms with van der Waals surface area (Å²) in [4.78, 5) is 16.5. The highest BCUT2D eigenvalue weighted by Gasteiger charge is 2.15. The number of hydrogen-bond donors (Lipinski definition) is 0. The molecule has 23 heavy (non-hydrogen) atoms. The summed E-state index contributed by atoms with van der Waals surface area (Å²) >= 11 is 25.0. The Kier molecular flexibility index (Phi) is 6.40. The van der Waals surface area contributed by atoms with Crippen molar-refractivity contribution in [3.63, 3.8) is 0 Å². The molecule has 0 amide bonds. The third-order valence-electron chi connectivity index (χ3n) is 3.01. The van der Waals surface area contributed by atoms with Crippen LogP contribution in [0.5, 0.6) is 0 Å². The Balaban J connectivity index is 2.21. The lowest BCUT2D eigenvalue weighted by Crippen LogP contribution is -1.97. The lowest BCUT2D eigenvalue weighted by molar-refractivity contribution is 0.104. The van der Waals surface area contributed by atoms with E-state index in [1.165, 1.54) is 6.08 Å². The molecule has 0 saturated carbocycles. The third kappa shape index (κ3) is 4.43. The van der Waals surface area contributed by atoms with E-state index in [9.17, 15) is 4.79 Å². The minimum absolute atomic E-state index is 0.0673. The van der Waals surface area contributed by atoms with Gasteiger partial charge in [0.1, 0.15) is 0 Å². The van der Waals surface area contributed by atoms with Crippen LogP contribution in [0.3, 0.4) is 0 Å². The van der Waals surface area contributed by atoms with Gasteiger partial charge in [-0.3, -0.25) is 4.79 Å². The van der Waals surface area contributed by atoms with E-state index in [2.05, 4.69) is 4.98 Å². The van der Waals surface area contributed by atoms with E-state index < -0.39 is 0 Å². The van der Waals surface area contributed by atoms with Crippen LogP contribution >= 0.6 is 58.2 Å². The molecule has 0 fully saturated rings. The van der Waals surface area contributed by atoms with Crippen molar-refractivity contribution >= 4 is 63.9 Å².